The average molecular weight is 220 g/mol. The summed E-state index contributed by atoms with van der Waals surface area (Å²) in [7, 11) is 0. The summed E-state index contributed by atoms with van der Waals surface area (Å²) in [5, 5.41) is 0. The molecule has 16 heavy (non-hydrogen) atoms. The number of nitrogen functional groups attached to an aromatic ring is 1. The Balaban J connectivity index is 2.55. The van der Waals surface area contributed by atoms with Crippen molar-refractivity contribution in [3.63, 3.8) is 0 Å². The molecule has 0 fully saturated rings. The number of hydrogen-bond acceptors (Lipinski definition) is 2. The highest BCUT2D eigenvalue weighted by atomic mass is 15.2. The normalized spacial score (nSPS) is 11.7. The summed E-state index contributed by atoms with van der Waals surface area (Å²) in [6.07, 6.45) is 1.07. The maximum atomic E-state index is 5.77. The molecule has 0 heterocycles. The van der Waals surface area contributed by atoms with Crippen molar-refractivity contribution in [2.45, 2.75) is 46.2 Å². The van der Waals surface area contributed by atoms with Crippen LogP contribution in [0.25, 0.3) is 0 Å². The molecular formula is C14H24N2. The van der Waals surface area contributed by atoms with Gasteiger partial charge in [0.15, 0.2) is 0 Å². The topological polar surface area (TPSA) is 29.3 Å². The molecule has 0 bridgehead atoms. The fraction of sp³-hybridized carbons (Fsp3) is 0.571. The molecule has 0 spiro atoms. The highest BCUT2D eigenvalue weighted by molar-refractivity contribution is 5.40. The van der Waals surface area contributed by atoms with Gasteiger partial charge < -0.3 is 5.73 Å². The SMILES string of the molecule is CC(C)N(CCc1cccc(N)c1)C(C)C. The highest BCUT2D eigenvalue weighted by Gasteiger charge is 2.12. The molecule has 2 nitrogen and oxygen atoms in total. The van der Waals surface area contributed by atoms with Crippen LogP contribution < -0.4 is 5.73 Å². The molecular weight excluding hydrogens is 196 g/mol. The fourth-order valence-corrected chi connectivity index (χ4v) is 2.12. The van der Waals surface area contributed by atoms with Crippen LogP contribution in [0.3, 0.4) is 0 Å². The zero-order chi connectivity index (χ0) is 12.1. The zero-order valence-electron chi connectivity index (χ0n) is 10.9. The lowest BCUT2D eigenvalue weighted by Crippen LogP contribution is -2.38. The van der Waals surface area contributed by atoms with E-state index in [1.54, 1.807) is 0 Å². The first-order valence-electron chi connectivity index (χ1n) is 6.11. The van der Waals surface area contributed by atoms with Crippen molar-refractivity contribution in [2.24, 2.45) is 0 Å². The van der Waals surface area contributed by atoms with Crippen molar-refractivity contribution < 1.29 is 0 Å². The van der Waals surface area contributed by atoms with Crippen LogP contribution in [0.15, 0.2) is 24.3 Å². The first-order chi connectivity index (χ1) is 7.50. The van der Waals surface area contributed by atoms with Crippen molar-refractivity contribution >= 4 is 5.69 Å². The van der Waals surface area contributed by atoms with E-state index in [0.29, 0.717) is 12.1 Å². The third kappa shape index (κ3) is 3.86. The lowest BCUT2D eigenvalue weighted by atomic mass is 10.1. The molecule has 0 atom stereocenters. The number of anilines is 1. The Morgan fingerprint density at radius 3 is 2.25 bits per heavy atom. The van der Waals surface area contributed by atoms with Gasteiger partial charge in [-0.1, -0.05) is 12.1 Å². The standard InChI is InChI=1S/C14H24N2/c1-11(2)16(12(3)4)9-8-13-6-5-7-14(15)10-13/h5-7,10-12H,8-9,15H2,1-4H3. The predicted molar refractivity (Wildman–Crippen MR) is 71.5 cm³/mol. The van der Waals surface area contributed by atoms with E-state index in [1.807, 2.05) is 12.1 Å². The number of nitrogens with two attached hydrogens (primary N) is 1. The van der Waals surface area contributed by atoms with Crippen LogP contribution in [-0.4, -0.2) is 23.5 Å². The lowest BCUT2D eigenvalue weighted by molar-refractivity contribution is 0.177. The monoisotopic (exact) mass is 220 g/mol. The van der Waals surface area contributed by atoms with Gasteiger partial charge in [-0.05, 0) is 51.8 Å². The van der Waals surface area contributed by atoms with Crippen LogP contribution in [0.5, 0.6) is 0 Å². The van der Waals surface area contributed by atoms with Gasteiger partial charge in [0.1, 0.15) is 0 Å². The van der Waals surface area contributed by atoms with Crippen LogP contribution in [-0.2, 0) is 6.42 Å². The Bertz CT molecular complexity index is 310. The van der Waals surface area contributed by atoms with E-state index in [2.05, 4.69) is 44.7 Å². The smallest absolute Gasteiger partial charge is 0.0316 e. The van der Waals surface area contributed by atoms with Gasteiger partial charge in [0.05, 0.1) is 0 Å². The Morgan fingerprint density at radius 1 is 1.12 bits per heavy atom. The maximum Gasteiger partial charge on any atom is 0.0316 e. The van der Waals surface area contributed by atoms with Gasteiger partial charge >= 0.3 is 0 Å². The van der Waals surface area contributed by atoms with E-state index in [4.69, 9.17) is 5.73 Å². The van der Waals surface area contributed by atoms with E-state index in [0.717, 1.165) is 18.7 Å². The summed E-state index contributed by atoms with van der Waals surface area (Å²) in [5.74, 6) is 0. The highest BCUT2D eigenvalue weighted by Crippen LogP contribution is 2.10. The summed E-state index contributed by atoms with van der Waals surface area (Å²) in [6, 6.07) is 9.38. The Kier molecular flexibility index (Phi) is 4.81. The first-order valence-corrected chi connectivity index (χ1v) is 6.11. The van der Waals surface area contributed by atoms with Crippen molar-refractivity contribution in [3.05, 3.63) is 29.8 Å². The van der Waals surface area contributed by atoms with Gasteiger partial charge in [0.25, 0.3) is 0 Å². The summed E-state index contributed by atoms with van der Waals surface area (Å²) >= 11 is 0. The molecule has 2 N–H and O–H groups in total. The van der Waals surface area contributed by atoms with Crippen molar-refractivity contribution in [2.75, 3.05) is 12.3 Å². The minimum absolute atomic E-state index is 0.598. The molecule has 0 aliphatic rings. The molecule has 2 heteroatoms. The summed E-state index contributed by atoms with van der Waals surface area (Å²) in [5.41, 5.74) is 7.96. The van der Waals surface area contributed by atoms with Crippen LogP contribution in [0.1, 0.15) is 33.3 Å². The van der Waals surface area contributed by atoms with Crippen LogP contribution in [0.2, 0.25) is 0 Å². The van der Waals surface area contributed by atoms with E-state index in [-0.39, 0.29) is 0 Å². The van der Waals surface area contributed by atoms with E-state index in [9.17, 15) is 0 Å². The maximum absolute atomic E-state index is 5.77. The number of nitrogens with zero attached hydrogens (tertiary/aromatic N) is 1. The van der Waals surface area contributed by atoms with Crippen molar-refractivity contribution in [1.82, 2.24) is 4.90 Å². The Morgan fingerprint density at radius 2 is 1.75 bits per heavy atom. The quantitative estimate of drug-likeness (QED) is 0.773. The second-order valence-corrected chi connectivity index (χ2v) is 4.92. The average Bonchev–Trinajstić information content (AvgIpc) is 2.16. The van der Waals surface area contributed by atoms with Gasteiger partial charge in [-0.3, -0.25) is 4.90 Å². The molecule has 0 aromatic heterocycles. The molecule has 1 aromatic carbocycles. The van der Waals surface area contributed by atoms with Crippen LogP contribution in [0, 0.1) is 0 Å². The summed E-state index contributed by atoms with van der Waals surface area (Å²) in [4.78, 5) is 2.50. The Hall–Kier alpha value is -1.02. The van der Waals surface area contributed by atoms with Crippen LogP contribution in [0.4, 0.5) is 5.69 Å². The van der Waals surface area contributed by atoms with Gasteiger partial charge in [-0.2, -0.15) is 0 Å². The number of hydrogen-bond donors (Lipinski definition) is 1. The van der Waals surface area contributed by atoms with Crippen molar-refractivity contribution in [3.8, 4) is 0 Å². The first kappa shape index (κ1) is 13.0. The Labute approximate surface area is 99.5 Å². The number of benzene rings is 1. The second kappa shape index (κ2) is 5.90. The lowest BCUT2D eigenvalue weighted by Gasteiger charge is -2.30. The van der Waals surface area contributed by atoms with Gasteiger partial charge in [-0.15, -0.1) is 0 Å². The summed E-state index contributed by atoms with van der Waals surface area (Å²) < 4.78 is 0. The fourth-order valence-electron chi connectivity index (χ4n) is 2.12. The molecule has 0 unspecified atom stereocenters. The second-order valence-electron chi connectivity index (χ2n) is 4.92. The largest absolute Gasteiger partial charge is 0.399 e. The molecule has 0 aliphatic heterocycles. The molecule has 1 rings (SSSR count). The molecule has 1 aromatic rings. The minimum atomic E-state index is 0.598. The molecule has 0 amide bonds. The van der Waals surface area contributed by atoms with Gasteiger partial charge in [0, 0.05) is 24.3 Å². The van der Waals surface area contributed by atoms with E-state index < -0.39 is 0 Å². The molecule has 0 radical (unpaired) electrons. The summed E-state index contributed by atoms with van der Waals surface area (Å²) in [6.45, 7) is 10.1. The molecule has 0 saturated carbocycles. The minimum Gasteiger partial charge on any atom is -0.399 e. The van der Waals surface area contributed by atoms with E-state index >= 15 is 0 Å². The molecule has 0 aliphatic carbocycles. The van der Waals surface area contributed by atoms with Crippen LogP contribution >= 0.6 is 0 Å². The zero-order valence-corrected chi connectivity index (χ0v) is 10.9. The van der Waals surface area contributed by atoms with E-state index in [1.165, 1.54) is 5.56 Å². The number of rotatable bonds is 5. The molecule has 0 saturated heterocycles. The molecule has 90 valence electrons. The van der Waals surface area contributed by atoms with Gasteiger partial charge in [0.2, 0.25) is 0 Å². The third-order valence-electron chi connectivity index (χ3n) is 2.94. The van der Waals surface area contributed by atoms with Crippen molar-refractivity contribution in [1.29, 1.82) is 0 Å². The third-order valence-corrected chi connectivity index (χ3v) is 2.94. The van der Waals surface area contributed by atoms with Gasteiger partial charge in [-0.25, -0.2) is 0 Å². The predicted octanol–water partition coefficient (Wildman–Crippen LogP) is 2.93.